The predicted octanol–water partition coefficient (Wildman–Crippen LogP) is 2.95. The molecule has 0 saturated carbocycles. The van der Waals surface area contributed by atoms with Gasteiger partial charge in [0.05, 0.1) is 5.69 Å². The Morgan fingerprint density at radius 3 is 2.47 bits per heavy atom. The Morgan fingerprint density at radius 1 is 1.26 bits per heavy atom. The molecule has 0 aliphatic rings. The summed E-state index contributed by atoms with van der Waals surface area (Å²) in [6.07, 6.45) is 0. The average molecular weight is 258 g/mol. The van der Waals surface area contributed by atoms with E-state index in [0.29, 0.717) is 30.1 Å². The number of nitrogens with zero attached hydrogens (tertiary/aromatic N) is 2. The highest BCUT2D eigenvalue weighted by molar-refractivity contribution is 5.96. The summed E-state index contributed by atoms with van der Waals surface area (Å²) >= 11 is 0. The molecule has 0 atom stereocenters. The van der Waals surface area contributed by atoms with Gasteiger partial charge in [-0.2, -0.15) is 0 Å². The highest BCUT2D eigenvalue weighted by Crippen LogP contribution is 2.16. The summed E-state index contributed by atoms with van der Waals surface area (Å²) in [5.41, 5.74) is 2.34. The van der Waals surface area contributed by atoms with Crippen molar-refractivity contribution in [2.24, 2.45) is 0 Å². The molecule has 4 nitrogen and oxygen atoms in total. The average Bonchev–Trinajstić information content (AvgIpc) is 2.76. The lowest BCUT2D eigenvalue weighted by molar-refractivity contribution is 0.0750. The van der Waals surface area contributed by atoms with Gasteiger partial charge < -0.3 is 9.42 Å². The minimum absolute atomic E-state index is 0.0254. The number of rotatable bonds is 4. The summed E-state index contributed by atoms with van der Waals surface area (Å²) in [6.45, 7) is 6.78. The van der Waals surface area contributed by atoms with Crippen molar-refractivity contribution in [3.63, 3.8) is 0 Å². The van der Waals surface area contributed by atoms with Crippen LogP contribution in [0.3, 0.4) is 0 Å². The van der Waals surface area contributed by atoms with Crippen molar-refractivity contribution in [2.45, 2.75) is 27.3 Å². The van der Waals surface area contributed by atoms with E-state index in [1.54, 1.807) is 18.7 Å². The van der Waals surface area contributed by atoms with E-state index < -0.39 is 0 Å². The Balaban J connectivity index is 2.21. The van der Waals surface area contributed by atoms with Crippen LogP contribution in [0, 0.1) is 13.8 Å². The van der Waals surface area contributed by atoms with Crippen molar-refractivity contribution >= 4 is 5.91 Å². The van der Waals surface area contributed by atoms with Crippen LogP contribution in [0.4, 0.5) is 0 Å². The molecule has 0 bridgehead atoms. The third kappa shape index (κ3) is 2.84. The molecule has 1 amide bonds. The molecule has 1 heterocycles. The zero-order valence-electron chi connectivity index (χ0n) is 11.5. The Kier molecular flexibility index (Phi) is 4.00. The van der Waals surface area contributed by atoms with E-state index in [9.17, 15) is 4.79 Å². The van der Waals surface area contributed by atoms with Crippen molar-refractivity contribution in [3.8, 4) is 0 Å². The summed E-state index contributed by atoms with van der Waals surface area (Å²) in [4.78, 5) is 14.3. The van der Waals surface area contributed by atoms with Gasteiger partial charge in [0, 0.05) is 13.1 Å². The second-order valence-electron chi connectivity index (χ2n) is 4.50. The summed E-state index contributed by atoms with van der Waals surface area (Å²) in [7, 11) is 0. The normalized spacial score (nSPS) is 10.5. The van der Waals surface area contributed by atoms with Crippen LogP contribution in [0.1, 0.15) is 34.3 Å². The standard InChI is InChI=1S/C15H18N2O2/c1-4-17(10-13-8-6-5-7-9-13)15(18)14-11(2)16-19-12(14)3/h5-9H,4,10H2,1-3H3. The molecule has 2 aromatic rings. The van der Waals surface area contributed by atoms with Crippen molar-refractivity contribution in [1.82, 2.24) is 10.1 Å². The smallest absolute Gasteiger partial charge is 0.259 e. The summed E-state index contributed by atoms with van der Waals surface area (Å²) < 4.78 is 5.06. The zero-order chi connectivity index (χ0) is 13.8. The second kappa shape index (κ2) is 5.69. The summed E-state index contributed by atoms with van der Waals surface area (Å²) in [5, 5.41) is 3.84. The number of carbonyl (C=O) groups is 1. The molecule has 4 heteroatoms. The molecule has 0 N–H and O–H groups in total. The van der Waals surface area contributed by atoms with E-state index in [2.05, 4.69) is 5.16 Å². The maximum absolute atomic E-state index is 12.5. The van der Waals surface area contributed by atoms with Gasteiger partial charge in [0.15, 0.2) is 0 Å². The number of benzene rings is 1. The fourth-order valence-electron chi connectivity index (χ4n) is 2.08. The maximum atomic E-state index is 12.5. The highest BCUT2D eigenvalue weighted by Gasteiger charge is 2.22. The first-order valence-electron chi connectivity index (χ1n) is 6.39. The number of aromatic nitrogens is 1. The fraction of sp³-hybridized carbons (Fsp3) is 0.333. The molecule has 0 spiro atoms. The van der Waals surface area contributed by atoms with E-state index in [-0.39, 0.29) is 5.91 Å². The molecule has 0 saturated heterocycles. The zero-order valence-corrected chi connectivity index (χ0v) is 11.5. The van der Waals surface area contributed by atoms with Gasteiger partial charge in [-0.15, -0.1) is 0 Å². The Labute approximate surface area is 113 Å². The molecule has 2 rings (SSSR count). The first-order chi connectivity index (χ1) is 9.13. The monoisotopic (exact) mass is 258 g/mol. The van der Waals surface area contributed by atoms with E-state index in [1.165, 1.54) is 0 Å². The molecule has 0 unspecified atom stereocenters. The molecule has 0 aliphatic carbocycles. The molecule has 1 aromatic carbocycles. The van der Waals surface area contributed by atoms with Crippen LogP contribution in [-0.4, -0.2) is 22.5 Å². The number of hydrogen-bond acceptors (Lipinski definition) is 3. The van der Waals surface area contributed by atoms with Gasteiger partial charge in [-0.05, 0) is 26.3 Å². The minimum atomic E-state index is -0.0254. The van der Waals surface area contributed by atoms with Crippen molar-refractivity contribution < 1.29 is 9.32 Å². The Morgan fingerprint density at radius 2 is 1.95 bits per heavy atom. The molecule has 1 aromatic heterocycles. The van der Waals surface area contributed by atoms with Gasteiger partial charge in [0.1, 0.15) is 11.3 Å². The van der Waals surface area contributed by atoms with E-state index in [0.717, 1.165) is 5.56 Å². The molecule has 100 valence electrons. The number of hydrogen-bond donors (Lipinski definition) is 0. The number of carbonyl (C=O) groups excluding carboxylic acids is 1. The summed E-state index contributed by atoms with van der Waals surface area (Å²) in [5.74, 6) is 0.552. The molecule has 0 fully saturated rings. The Bertz CT molecular complexity index is 541. The first kappa shape index (κ1) is 13.3. The fourth-order valence-corrected chi connectivity index (χ4v) is 2.08. The van der Waals surface area contributed by atoms with Gasteiger partial charge in [0.25, 0.3) is 5.91 Å². The molecule has 0 aliphatic heterocycles. The van der Waals surface area contributed by atoms with Gasteiger partial charge in [-0.3, -0.25) is 4.79 Å². The second-order valence-corrected chi connectivity index (χ2v) is 4.50. The van der Waals surface area contributed by atoms with Crippen LogP contribution in [-0.2, 0) is 6.54 Å². The quantitative estimate of drug-likeness (QED) is 0.847. The molecule has 0 radical (unpaired) electrons. The predicted molar refractivity (Wildman–Crippen MR) is 72.8 cm³/mol. The number of amides is 1. The lowest BCUT2D eigenvalue weighted by atomic mass is 10.1. The van der Waals surface area contributed by atoms with Crippen molar-refractivity contribution in [3.05, 3.63) is 52.9 Å². The van der Waals surface area contributed by atoms with Crippen LogP contribution < -0.4 is 0 Å². The SMILES string of the molecule is CCN(Cc1ccccc1)C(=O)c1c(C)noc1C. The topological polar surface area (TPSA) is 46.3 Å². The molecular formula is C15H18N2O2. The van der Waals surface area contributed by atoms with Crippen LogP contribution in [0.5, 0.6) is 0 Å². The van der Waals surface area contributed by atoms with Gasteiger partial charge in [-0.1, -0.05) is 35.5 Å². The van der Waals surface area contributed by atoms with Crippen LogP contribution in [0.15, 0.2) is 34.9 Å². The summed E-state index contributed by atoms with van der Waals surface area (Å²) in [6, 6.07) is 9.95. The van der Waals surface area contributed by atoms with Crippen LogP contribution in [0.25, 0.3) is 0 Å². The van der Waals surface area contributed by atoms with Gasteiger partial charge in [0.2, 0.25) is 0 Å². The van der Waals surface area contributed by atoms with Crippen LogP contribution in [0.2, 0.25) is 0 Å². The molecular weight excluding hydrogens is 240 g/mol. The third-order valence-electron chi connectivity index (χ3n) is 3.13. The van der Waals surface area contributed by atoms with E-state index in [4.69, 9.17) is 4.52 Å². The van der Waals surface area contributed by atoms with Crippen LogP contribution >= 0.6 is 0 Å². The molecule has 19 heavy (non-hydrogen) atoms. The number of aryl methyl sites for hydroxylation is 2. The largest absolute Gasteiger partial charge is 0.361 e. The minimum Gasteiger partial charge on any atom is -0.361 e. The Hall–Kier alpha value is -2.10. The van der Waals surface area contributed by atoms with E-state index in [1.807, 2.05) is 37.3 Å². The van der Waals surface area contributed by atoms with Gasteiger partial charge in [-0.25, -0.2) is 0 Å². The van der Waals surface area contributed by atoms with E-state index >= 15 is 0 Å². The lowest BCUT2D eigenvalue weighted by Crippen LogP contribution is -2.31. The van der Waals surface area contributed by atoms with Crippen molar-refractivity contribution in [1.29, 1.82) is 0 Å². The maximum Gasteiger partial charge on any atom is 0.259 e. The highest BCUT2D eigenvalue weighted by atomic mass is 16.5. The van der Waals surface area contributed by atoms with Gasteiger partial charge >= 0.3 is 0 Å². The lowest BCUT2D eigenvalue weighted by Gasteiger charge is -2.20. The first-order valence-corrected chi connectivity index (χ1v) is 6.39. The van der Waals surface area contributed by atoms with Crippen molar-refractivity contribution in [2.75, 3.05) is 6.54 Å². The third-order valence-corrected chi connectivity index (χ3v) is 3.13.